The molecule has 6 aromatic carbocycles. The largest absolute Gasteiger partial charge is 0.356 e. The lowest BCUT2D eigenvalue weighted by atomic mass is 9.34. The Balaban J connectivity index is 1.44. The first-order valence-corrected chi connectivity index (χ1v) is 13.6. The summed E-state index contributed by atoms with van der Waals surface area (Å²) in [5, 5.41) is 6.57. The van der Waals surface area contributed by atoms with Crippen molar-refractivity contribution in [2.24, 2.45) is 0 Å². The Morgan fingerprint density at radius 2 is 1.23 bits per heavy atom. The average molecular weight is 494 g/mol. The van der Waals surface area contributed by atoms with E-state index in [2.05, 4.69) is 143 Å². The molecule has 2 aliphatic heterocycles. The summed E-state index contributed by atoms with van der Waals surface area (Å²) in [6.45, 7) is 0.153. The summed E-state index contributed by atoms with van der Waals surface area (Å²) < 4.78 is 2.51. The van der Waals surface area contributed by atoms with Gasteiger partial charge in [-0.2, -0.15) is 0 Å². The molecule has 2 nitrogen and oxygen atoms in total. The van der Waals surface area contributed by atoms with Crippen LogP contribution in [0, 0.1) is 0 Å². The van der Waals surface area contributed by atoms with Gasteiger partial charge in [0.25, 0.3) is 6.71 Å². The van der Waals surface area contributed by atoms with Gasteiger partial charge in [0.1, 0.15) is 0 Å². The molecule has 0 unspecified atom stereocenters. The predicted molar refractivity (Wildman–Crippen MR) is 166 cm³/mol. The van der Waals surface area contributed by atoms with Crippen molar-refractivity contribution in [3.8, 4) is 27.9 Å². The zero-order chi connectivity index (χ0) is 25.5. The predicted octanol–water partition coefficient (Wildman–Crippen LogP) is 7.00. The summed E-state index contributed by atoms with van der Waals surface area (Å²) in [6.07, 6.45) is 0. The molecule has 7 aromatic rings. The Morgan fingerprint density at radius 3 is 2.08 bits per heavy atom. The molecule has 3 heteroatoms. The second-order valence-corrected chi connectivity index (χ2v) is 10.6. The first kappa shape index (κ1) is 21.0. The van der Waals surface area contributed by atoms with Crippen LogP contribution < -0.4 is 21.7 Å². The van der Waals surface area contributed by atoms with Crippen LogP contribution in [-0.4, -0.2) is 11.3 Å². The summed E-state index contributed by atoms with van der Waals surface area (Å²) >= 11 is 0. The monoisotopic (exact) mass is 494 g/mol. The molecule has 0 atom stereocenters. The highest BCUT2D eigenvalue weighted by atomic mass is 15.0. The van der Waals surface area contributed by atoms with E-state index in [9.17, 15) is 0 Å². The second-order valence-electron chi connectivity index (χ2n) is 10.6. The van der Waals surface area contributed by atoms with Gasteiger partial charge in [-0.25, -0.2) is 0 Å². The van der Waals surface area contributed by atoms with Gasteiger partial charge in [-0.15, -0.1) is 0 Å². The van der Waals surface area contributed by atoms with Crippen molar-refractivity contribution in [2.75, 3.05) is 5.32 Å². The summed E-state index contributed by atoms with van der Waals surface area (Å²) in [5.41, 5.74) is 15.2. The summed E-state index contributed by atoms with van der Waals surface area (Å²) in [4.78, 5) is 0. The van der Waals surface area contributed by atoms with Crippen LogP contribution in [0.4, 0.5) is 11.4 Å². The Labute approximate surface area is 227 Å². The van der Waals surface area contributed by atoms with E-state index in [0.29, 0.717) is 0 Å². The van der Waals surface area contributed by atoms with Gasteiger partial charge in [-0.3, -0.25) is 0 Å². The zero-order valence-electron chi connectivity index (χ0n) is 21.2. The van der Waals surface area contributed by atoms with Gasteiger partial charge in [0.2, 0.25) is 0 Å². The van der Waals surface area contributed by atoms with Gasteiger partial charge in [0, 0.05) is 38.9 Å². The number of nitrogens with zero attached hydrogens (tertiary/aromatic N) is 1. The number of nitrogens with one attached hydrogen (secondary N) is 1. The molecule has 3 heterocycles. The fourth-order valence-corrected chi connectivity index (χ4v) is 6.98. The Morgan fingerprint density at radius 1 is 0.538 bits per heavy atom. The van der Waals surface area contributed by atoms with Gasteiger partial charge >= 0.3 is 0 Å². The van der Waals surface area contributed by atoms with E-state index in [1.807, 2.05) is 0 Å². The number of anilines is 2. The SMILES string of the molecule is c1ccc(-c2cc3c4c(c2)-n2c5ccccc5c5cccc(c52)B4c2cccc(-c4ccccc4)c2N3)cc1. The van der Waals surface area contributed by atoms with E-state index in [-0.39, 0.29) is 6.71 Å². The van der Waals surface area contributed by atoms with Crippen LogP contribution >= 0.6 is 0 Å². The molecule has 0 fully saturated rings. The minimum Gasteiger partial charge on any atom is -0.356 e. The van der Waals surface area contributed by atoms with E-state index in [0.717, 1.165) is 0 Å². The lowest BCUT2D eigenvalue weighted by Gasteiger charge is -2.35. The third-order valence-corrected chi connectivity index (χ3v) is 8.58. The van der Waals surface area contributed by atoms with Crippen LogP contribution in [0.5, 0.6) is 0 Å². The highest BCUT2D eigenvalue weighted by Crippen LogP contribution is 2.40. The van der Waals surface area contributed by atoms with Crippen molar-refractivity contribution >= 4 is 56.3 Å². The van der Waals surface area contributed by atoms with Crippen molar-refractivity contribution in [1.29, 1.82) is 0 Å². The second kappa shape index (κ2) is 7.75. The molecule has 1 aromatic heterocycles. The van der Waals surface area contributed by atoms with Gasteiger partial charge in [-0.05, 0) is 51.3 Å². The molecule has 0 radical (unpaired) electrons. The van der Waals surface area contributed by atoms with E-state index in [1.165, 1.54) is 77.5 Å². The Kier molecular flexibility index (Phi) is 4.17. The lowest BCUT2D eigenvalue weighted by Crippen LogP contribution is -2.59. The van der Waals surface area contributed by atoms with Crippen LogP contribution in [0.15, 0.2) is 133 Å². The maximum absolute atomic E-state index is 3.95. The topological polar surface area (TPSA) is 17.0 Å². The number of hydrogen-bond acceptors (Lipinski definition) is 1. The van der Waals surface area contributed by atoms with E-state index >= 15 is 0 Å². The Hall–Kier alpha value is -5.02. The standard InChI is InChI=1S/C36H23BN2/c1-3-11-23(12-4-1)25-21-31-34-33(22-25)39-32-20-8-7-15-27(32)28-17-10-19-30(36(28)39)37(34)29-18-9-16-26(35(29)38-31)24-13-5-2-6-14-24/h1-22,38H. The van der Waals surface area contributed by atoms with Gasteiger partial charge < -0.3 is 9.88 Å². The normalized spacial score (nSPS) is 12.8. The average Bonchev–Trinajstić information content (AvgIpc) is 3.35. The molecule has 0 saturated carbocycles. The Bertz CT molecular complexity index is 2090. The molecule has 0 aliphatic carbocycles. The van der Waals surface area contributed by atoms with Crippen molar-refractivity contribution in [2.45, 2.75) is 0 Å². The van der Waals surface area contributed by atoms with Crippen LogP contribution in [0.3, 0.4) is 0 Å². The smallest absolute Gasteiger partial charge is 0.252 e. The van der Waals surface area contributed by atoms with E-state index in [4.69, 9.17) is 0 Å². The maximum atomic E-state index is 3.95. The molecule has 0 saturated heterocycles. The molecular formula is C36H23BN2. The van der Waals surface area contributed by atoms with Crippen molar-refractivity contribution in [1.82, 2.24) is 4.57 Å². The highest BCUT2D eigenvalue weighted by Gasteiger charge is 2.40. The van der Waals surface area contributed by atoms with Crippen LogP contribution in [0.1, 0.15) is 0 Å². The molecule has 39 heavy (non-hydrogen) atoms. The van der Waals surface area contributed by atoms with Gasteiger partial charge in [0.15, 0.2) is 0 Å². The molecule has 0 spiro atoms. The highest BCUT2D eigenvalue weighted by molar-refractivity contribution is 7.00. The van der Waals surface area contributed by atoms with Crippen LogP contribution in [0.2, 0.25) is 0 Å². The first-order chi connectivity index (χ1) is 19.4. The van der Waals surface area contributed by atoms with E-state index < -0.39 is 0 Å². The lowest BCUT2D eigenvalue weighted by molar-refractivity contribution is 1.19. The van der Waals surface area contributed by atoms with Gasteiger partial charge in [-0.1, -0.05) is 115 Å². The third kappa shape index (κ3) is 2.82. The van der Waals surface area contributed by atoms with Crippen LogP contribution in [-0.2, 0) is 0 Å². The number of benzene rings is 6. The molecule has 1 N–H and O–H groups in total. The molecule has 180 valence electrons. The number of hydrogen-bond donors (Lipinski definition) is 1. The quantitative estimate of drug-likeness (QED) is 0.256. The number of para-hydroxylation sites is 3. The minimum absolute atomic E-state index is 0.153. The van der Waals surface area contributed by atoms with Crippen LogP contribution in [0.25, 0.3) is 49.7 Å². The minimum atomic E-state index is 0.153. The first-order valence-electron chi connectivity index (χ1n) is 13.6. The summed E-state index contributed by atoms with van der Waals surface area (Å²) in [5.74, 6) is 0. The molecular weight excluding hydrogens is 471 g/mol. The number of rotatable bonds is 2. The van der Waals surface area contributed by atoms with Gasteiger partial charge in [0.05, 0.1) is 5.52 Å². The summed E-state index contributed by atoms with van der Waals surface area (Å²) in [6, 6.07) is 48.7. The number of fused-ring (bicyclic) bond motifs is 7. The van der Waals surface area contributed by atoms with E-state index in [1.54, 1.807) is 0 Å². The molecule has 2 aliphatic rings. The molecule has 0 amide bonds. The maximum Gasteiger partial charge on any atom is 0.252 e. The fraction of sp³-hybridized carbons (Fsp3) is 0. The van der Waals surface area contributed by atoms with Crippen molar-refractivity contribution in [3.05, 3.63) is 133 Å². The number of aromatic nitrogens is 1. The molecule has 0 bridgehead atoms. The van der Waals surface area contributed by atoms with Crippen molar-refractivity contribution < 1.29 is 0 Å². The zero-order valence-corrected chi connectivity index (χ0v) is 21.2. The molecule has 9 rings (SSSR count). The third-order valence-electron chi connectivity index (χ3n) is 8.58. The summed E-state index contributed by atoms with van der Waals surface area (Å²) in [7, 11) is 0. The fourth-order valence-electron chi connectivity index (χ4n) is 6.98. The van der Waals surface area contributed by atoms with Crippen molar-refractivity contribution in [3.63, 3.8) is 0 Å².